The summed E-state index contributed by atoms with van der Waals surface area (Å²) in [7, 11) is 0. The molecule has 0 heterocycles. The molecule has 0 aromatic heterocycles. The van der Waals surface area contributed by atoms with Crippen LogP contribution in [0.5, 0.6) is 0 Å². The summed E-state index contributed by atoms with van der Waals surface area (Å²) in [5, 5.41) is 0. The van der Waals surface area contributed by atoms with Gasteiger partial charge in [-0.25, -0.2) is 0 Å². The Kier molecular flexibility index (Phi) is 52.3. The lowest BCUT2D eigenvalue weighted by atomic mass is 10.0. The van der Waals surface area contributed by atoms with E-state index in [1.54, 1.807) is 0 Å². The van der Waals surface area contributed by atoms with Crippen molar-refractivity contribution in [2.75, 3.05) is 13.2 Å². The van der Waals surface area contributed by atoms with Crippen molar-refractivity contribution in [2.24, 2.45) is 0 Å². The van der Waals surface area contributed by atoms with Crippen LogP contribution in [0.2, 0.25) is 0 Å². The first-order valence-electron chi connectivity index (χ1n) is 28.5. The van der Waals surface area contributed by atoms with Gasteiger partial charge in [-0.1, -0.05) is 256 Å². The van der Waals surface area contributed by atoms with Crippen LogP contribution in [0.1, 0.15) is 303 Å². The molecule has 0 saturated carbocycles. The van der Waals surface area contributed by atoms with Gasteiger partial charge in [0.05, 0.1) is 0 Å². The van der Waals surface area contributed by atoms with Crippen molar-refractivity contribution in [1.82, 2.24) is 0 Å². The average Bonchev–Trinajstić information content (AvgIpc) is 3.30. The molecule has 0 radical (unpaired) electrons. The van der Waals surface area contributed by atoms with E-state index in [-0.39, 0.29) is 31.1 Å². The molecule has 0 saturated heterocycles. The van der Waals surface area contributed by atoms with Crippen LogP contribution in [0, 0.1) is 0 Å². The maximum absolute atomic E-state index is 12.8. The minimum atomic E-state index is -0.781. The van der Waals surface area contributed by atoms with E-state index in [4.69, 9.17) is 14.2 Å². The van der Waals surface area contributed by atoms with Crippen LogP contribution in [0.15, 0.2) is 36.5 Å². The predicted octanol–water partition coefficient (Wildman–Crippen LogP) is 18.9. The molecular weight excluding hydrogens is 805 g/mol. The lowest BCUT2D eigenvalue weighted by Gasteiger charge is -2.18. The molecule has 0 bridgehead atoms. The Bertz CT molecular complexity index is 1090. The van der Waals surface area contributed by atoms with Gasteiger partial charge in [0, 0.05) is 19.3 Å². The van der Waals surface area contributed by atoms with Gasteiger partial charge in [0.15, 0.2) is 6.10 Å². The Labute approximate surface area is 404 Å². The number of ether oxygens (including phenoxy) is 3. The SMILES string of the molecule is CCCC/C=C\CCCCCCC(=O)OCC(COC(=O)CCCCCCCCCCCCCCCCCCCCC)OC(=O)CCCCCCC/C=C\C=C/CCCCCCCCC. The molecule has 1 atom stereocenters. The molecule has 65 heavy (non-hydrogen) atoms. The van der Waals surface area contributed by atoms with E-state index >= 15 is 0 Å². The number of carbonyl (C=O) groups is 3. The van der Waals surface area contributed by atoms with Gasteiger partial charge >= 0.3 is 17.9 Å². The van der Waals surface area contributed by atoms with E-state index in [1.165, 1.54) is 167 Å². The summed E-state index contributed by atoms with van der Waals surface area (Å²) in [5.74, 6) is -0.893. The number of hydrogen-bond donors (Lipinski definition) is 0. The van der Waals surface area contributed by atoms with Crippen molar-refractivity contribution < 1.29 is 28.6 Å². The lowest BCUT2D eigenvalue weighted by molar-refractivity contribution is -0.167. The molecule has 0 fully saturated rings. The third-order valence-corrected chi connectivity index (χ3v) is 12.6. The summed E-state index contributed by atoms with van der Waals surface area (Å²) in [4.78, 5) is 38.0. The van der Waals surface area contributed by atoms with Crippen LogP contribution in [0.25, 0.3) is 0 Å². The quantitative estimate of drug-likeness (QED) is 0.0199. The number of esters is 3. The summed E-state index contributed by atoms with van der Waals surface area (Å²) >= 11 is 0. The van der Waals surface area contributed by atoms with E-state index in [9.17, 15) is 14.4 Å². The van der Waals surface area contributed by atoms with E-state index in [0.29, 0.717) is 19.3 Å². The largest absolute Gasteiger partial charge is 0.462 e. The molecule has 380 valence electrons. The Hall–Kier alpha value is -2.37. The topological polar surface area (TPSA) is 78.9 Å². The number of rotatable bonds is 52. The van der Waals surface area contributed by atoms with Gasteiger partial charge in [-0.15, -0.1) is 0 Å². The van der Waals surface area contributed by atoms with Gasteiger partial charge in [-0.2, -0.15) is 0 Å². The van der Waals surface area contributed by atoms with Gasteiger partial charge in [-0.3, -0.25) is 14.4 Å². The normalized spacial score (nSPS) is 12.2. The standard InChI is InChI=1S/C59H108O6/c1-4-7-10-13-16-19-22-24-26-28-30-32-33-35-37-40-43-46-49-52-58(61)64-55-56(54-63-57(60)51-48-45-42-39-21-18-15-12-9-6-3)65-59(62)53-50-47-44-41-38-36-34-31-29-27-25-23-20-17-14-11-8-5-2/h15,18,27,29,31,34,56H,4-14,16-17,19-26,28,30,32-33,35-55H2,1-3H3/b18-15-,29-27-,34-31-. The zero-order valence-corrected chi connectivity index (χ0v) is 43.5. The van der Waals surface area contributed by atoms with Gasteiger partial charge in [0.25, 0.3) is 0 Å². The molecule has 0 aromatic carbocycles. The summed E-state index contributed by atoms with van der Waals surface area (Å²) in [6.45, 7) is 6.61. The molecule has 0 aliphatic heterocycles. The van der Waals surface area contributed by atoms with Crippen molar-refractivity contribution in [2.45, 2.75) is 309 Å². The van der Waals surface area contributed by atoms with Crippen molar-refractivity contribution in [3.63, 3.8) is 0 Å². The minimum absolute atomic E-state index is 0.0788. The molecule has 1 unspecified atom stereocenters. The molecule has 0 rings (SSSR count). The Morgan fingerprint density at radius 2 is 0.569 bits per heavy atom. The maximum atomic E-state index is 12.8. The van der Waals surface area contributed by atoms with E-state index in [2.05, 4.69) is 57.2 Å². The van der Waals surface area contributed by atoms with Crippen molar-refractivity contribution in [3.05, 3.63) is 36.5 Å². The highest BCUT2D eigenvalue weighted by molar-refractivity contribution is 5.71. The maximum Gasteiger partial charge on any atom is 0.306 e. The Morgan fingerprint density at radius 3 is 0.908 bits per heavy atom. The first-order chi connectivity index (χ1) is 32.0. The summed E-state index contributed by atoms with van der Waals surface area (Å²) in [6.07, 6.45) is 64.3. The van der Waals surface area contributed by atoms with E-state index < -0.39 is 6.10 Å². The molecule has 0 amide bonds. The molecule has 0 N–H and O–H groups in total. The molecule has 0 aliphatic carbocycles. The molecule has 0 aromatic rings. The van der Waals surface area contributed by atoms with Gasteiger partial charge in [0.1, 0.15) is 13.2 Å². The van der Waals surface area contributed by atoms with Crippen LogP contribution in [0.4, 0.5) is 0 Å². The second-order valence-corrected chi connectivity index (χ2v) is 19.2. The molecule has 0 spiro atoms. The third kappa shape index (κ3) is 52.5. The van der Waals surface area contributed by atoms with Gasteiger partial charge in [0.2, 0.25) is 0 Å². The summed E-state index contributed by atoms with van der Waals surface area (Å²) in [6, 6.07) is 0. The fraction of sp³-hybridized carbons (Fsp3) is 0.847. The first-order valence-corrected chi connectivity index (χ1v) is 28.5. The molecule has 0 aliphatic rings. The van der Waals surface area contributed by atoms with E-state index in [1.807, 2.05) is 0 Å². The summed E-state index contributed by atoms with van der Waals surface area (Å²) in [5.41, 5.74) is 0. The highest BCUT2D eigenvalue weighted by atomic mass is 16.6. The zero-order valence-electron chi connectivity index (χ0n) is 43.5. The minimum Gasteiger partial charge on any atom is -0.462 e. The molecular formula is C59H108O6. The number of allylic oxidation sites excluding steroid dienone is 6. The zero-order chi connectivity index (χ0) is 47.2. The highest BCUT2D eigenvalue weighted by Crippen LogP contribution is 2.16. The second-order valence-electron chi connectivity index (χ2n) is 19.2. The monoisotopic (exact) mass is 913 g/mol. The Morgan fingerprint density at radius 1 is 0.308 bits per heavy atom. The van der Waals surface area contributed by atoms with Gasteiger partial charge < -0.3 is 14.2 Å². The molecule has 6 nitrogen and oxygen atoms in total. The van der Waals surface area contributed by atoms with Crippen LogP contribution >= 0.6 is 0 Å². The smallest absolute Gasteiger partial charge is 0.306 e. The Balaban J connectivity index is 4.30. The fourth-order valence-corrected chi connectivity index (χ4v) is 8.30. The van der Waals surface area contributed by atoms with Crippen LogP contribution in [0.3, 0.4) is 0 Å². The third-order valence-electron chi connectivity index (χ3n) is 12.6. The number of unbranched alkanes of at least 4 members (excludes halogenated alkanes) is 36. The van der Waals surface area contributed by atoms with Crippen molar-refractivity contribution >= 4 is 17.9 Å². The number of hydrogen-bond acceptors (Lipinski definition) is 6. The average molecular weight is 914 g/mol. The first kappa shape index (κ1) is 62.6. The van der Waals surface area contributed by atoms with Crippen molar-refractivity contribution in [3.8, 4) is 0 Å². The van der Waals surface area contributed by atoms with Crippen LogP contribution in [-0.2, 0) is 28.6 Å². The van der Waals surface area contributed by atoms with E-state index in [0.717, 1.165) is 96.3 Å². The van der Waals surface area contributed by atoms with Crippen LogP contribution in [-0.4, -0.2) is 37.2 Å². The predicted molar refractivity (Wildman–Crippen MR) is 279 cm³/mol. The number of carbonyl (C=O) groups excluding carboxylic acids is 3. The van der Waals surface area contributed by atoms with Gasteiger partial charge in [-0.05, 0) is 64.2 Å². The summed E-state index contributed by atoms with van der Waals surface area (Å²) < 4.78 is 16.8. The van der Waals surface area contributed by atoms with Crippen molar-refractivity contribution in [1.29, 1.82) is 0 Å². The molecule has 6 heteroatoms. The lowest BCUT2D eigenvalue weighted by Crippen LogP contribution is -2.30. The fourth-order valence-electron chi connectivity index (χ4n) is 8.30. The van der Waals surface area contributed by atoms with Crippen LogP contribution < -0.4 is 0 Å². The highest BCUT2D eigenvalue weighted by Gasteiger charge is 2.19. The second kappa shape index (κ2) is 54.2.